The maximum absolute atomic E-state index is 11.8. The van der Waals surface area contributed by atoms with Crippen molar-refractivity contribution in [2.24, 2.45) is 0 Å². The first-order valence-corrected chi connectivity index (χ1v) is 6.42. The van der Waals surface area contributed by atoms with Gasteiger partial charge in [0.05, 0.1) is 0 Å². The van der Waals surface area contributed by atoms with E-state index in [1.54, 1.807) is 0 Å². The second-order valence-electron chi connectivity index (χ2n) is 4.64. The van der Waals surface area contributed by atoms with E-state index in [9.17, 15) is 9.59 Å². The number of aldehydes is 1. The topological polar surface area (TPSA) is 50.3 Å². The quantitative estimate of drug-likeness (QED) is 0.761. The van der Waals surface area contributed by atoms with Crippen LogP contribution in [0.2, 0.25) is 0 Å². The lowest BCUT2D eigenvalue weighted by molar-refractivity contribution is -0.133. The van der Waals surface area contributed by atoms with Gasteiger partial charge in [0.1, 0.15) is 6.29 Å². The Labute approximate surface area is 107 Å². The molecular weight excluding hydrogens is 228 g/mol. The Morgan fingerprint density at radius 3 is 2.61 bits per heavy atom. The minimum Gasteiger partial charge on any atom is -0.343 e. The van der Waals surface area contributed by atoms with E-state index in [1.165, 1.54) is 5.56 Å². The summed E-state index contributed by atoms with van der Waals surface area (Å²) in [6.45, 7) is 1.59. The van der Waals surface area contributed by atoms with E-state index in [1.807, 2.05) is 17.3 Å². The monoisotopic (exact) mass is 246 g/mol. The van der Waals surface area contributed by atoms with Crippen LogP contribution in [0.1, 0.15) is 37.2 Å². The normalized spacial score (nSPS) is 16.6. The number of hydrogen-bond acceptors (Lipinski definition) is 3. The molecule has 0 radical (unpaired) electrons. The Bertz CT molecular complexity index is 398. The molecule has 2 rings (SSSR count). The van der Waals surface area contributed by atoms with Crippen LogP contribution in [0, 0.1) is 0 Å². The maximum Gasteiger partial charge on any atom is 0.222 e. The molecule has 0 bridgehead atoms. The smallest absolute Gasteiger partial charge is 0.222 e. The summed E-state index contributed by atoms with van der Waals surface area (Å²) >= 11 is 0. The molecule has 18 heavy (non-hydrogen) atoms. The fourth-order valence-corrected chi connectivity index (χ4v) is 2.44. The summed E-state index contributed by atoms with van der Waals surface area (Å²) in [6.07, 6.45) is 7.12. The summed E-state index contributed by atoms with van der Waals surface area (Å²) in [6, 6.07) is 4.10. The highest BCUT2D eigenvalue weighted by Gasteiger charge is 2.23. The molecule has 0 unspecified atom stereocenters. The van der Waals surface area contributed by atoms with Gasteiger partial charge in [-0.3, -0.25) is 9.78 Å². The Morgan fingerprint density at radius 1 is 1.33 bits per heavy atom. The summed E-state index contributed by atoms with van der Waals surface area (Å²) in [5, 5.41) is 0. The van der Waals surface area contributed by atoms with Crippen molar-refractivity contribution in [1.29, 1.82) is 0 Å². The van der Waals surface area contributed by atoms with Crippen LogP contribution in [-0.4, -0.2) is 35.2 Å². The van der Waals surface area contributed by atoms with Crippen LogP contribution in [0.3, 0.4) is 0 Å². The molecule has 1 aliphatic heterocycles. The molecule has 1 aromatic rings. The lowest BCUT2D eigenvalue weighted by Gasteiger charge is -2.32. The van der Waals surface area contributed by atoms with Gasteiger partial charge in [0, 0.05) is 38.3 Å². The number of pyridine rings is 1. The molecule has 1 amide bonds. The van der Waals surface area contributed by atoms with Crippen LogP contribution in [0.5, 0.6) is 0 Å². The first-order valence-electron chi connectivity index (χ1n) is 6.42. The van der Waals surface area contributed by atoms with E-state index < -0.39 is 0 Å². The van der Waals surface area contributed by atoms with Crippen molar-refractivity contribution in [3.05, 3.63) is 30.1 Å². The summed E-state index contributed by atoms with van der Waals surface area (Å²) in [7, 11) is 0. The molecule has 96 valence electrons. The summed E-state index contributed by atoms with van der Waals surface area (Å²) < 4.78 is 0. The highest BCUT2D eigenvalue weighted by atomic mass is 16.2. The largest absolute Gasteiger partial charge is 0.343 e. The molecule has 0 aromatic carbocycles. The zero-order chi connectivity index (χ0) is 12.8. The van der Waals surface area contributed by atoms with Gasteiger partial charge in [0.2, 0.25) is 5.91 Å². The predicted octanol–water partition coefficient (Wildman–Crippen LogP) is 1.77. The third-order valence-corrected chi connectivity index (χ3v) is 3.50. The molecule has 4 heteroatoms. The molecule has 4 nitrogen and oxygen atoms in total. The molecule has 1 fully saturated rings. The number of piperidine rings is 1. The molecule has 0 N–H and O–H groups in total. The second kappa shape index (κ2) is 6.28. The average Bonchev–Trinajstić information content (AvgIpc) is 2.46. The Morgan fingerprint density at radius 2 is 2.00 bits per heavy atom. The predicted molar refractivity (Wildman–Crippen MR) is 68.1 cm³/mol. The zero-order valence-electron chi connectivity index (χ0n) is 10.4. The van der Waals surface area contributed by atoms with Gasteiger partial charge >= 0.3 is 0 Å². The van der Waals surface area contributed by atoms with Crippen LogP contribution in [0.25, 0.3) is 0 Å². The number of hydrogen-bond donors (Lipinski definition) is 0. The molecule has 0 aliphatic carbocycles. The molecule has 2 heterocycles. The lowest BCUT2D eigenvalue weighted by atomic mass is 9.90. The van der Waals surface area contributed by atoms with Gasteiger partial charge in [-0.15, -0.1) is 0 Å². The fourth-order valence-electron chi connectivity index (χ4n) is 2.44. The highest BCUT2D eigenvalue weighted by Crippen LogP contribution is 2.27. The van der Waals surface area contributed by atoms with Crippen molar-refractivity contribution < 1.29 is 9.59 Å². The Hall–Kier alpha value is -1.71. The van der Waals surface area contributed by atoms with Gasteiger partial charge in [-0.05, 0) is 36.5 Å². The standard InChI is InChI=1S/C14H18N2O2/c17-11-1-2-14(18)16-9-5-13(6-10-16)12-3-7-15-8-4-12/h3-4,7-8,11,13H,1-2,5-6,9-10H2. The summed E-state index contributed by atoms with van der Waals surface area (Å²) in [5.41, 5.74) is 1.31. The third kappa shape index (κ3) is 3.15. The van der Waals surface area contributed by atoms with Crippen molar-refractivity contribution >= 4 is 12.2 Å². The molecule has 1 aliphatic rings. The van der Waals surface area contributed by atoms with Gasteiger partial charge < -0.3 is 9.69 Å². The van der Waals surface area contributed by atoms with E-state index in [4.69, 9.17) is 0 Å². The number of amides is 1. The maximum atomic E-state index is 11.8. The average molecular weight is 246 g/mol. The first kappa shape index (κ1) is 12.7. The number of rotatable bonds is 4. The van der Waals surface area contributed by atoms with Crippen LogP contribution in [0.15, 0.2) is 24.5 Å². The third-order valence-electron chi connectivity index (χ3n) is 3.50. The van der Waals surface area contributed by atoms with Crippen molar-refractivity contribution in [2.45, 2.75) is 31.6 Å². The minimum atomic E-state index is 0.107. The molecule has 0 saturated carbocycles. The minimum absolute atomic E-state index is 0.107. The zero-order valence-corrected chi connectivity index (χ0v) is 10.4. The first-order chi connectivity index (χ1) is 8.81. The SMILES string of the molecule is O=CCCC(=O)N1CCC(c2ccncc2)CC1. The van der Waals surface area contributed by atoms with Crippen LogP contribution >= 0.6 is 0 Å². The number of carbonyl (C=O) groups is 2. The van der Waals surface area contributed by atoms with E-state index in [0.717, 1.165) is 32.2 Å². The van der Waals surface area contributed by atoms with Crippen LogP contribution in [-0.2, 0) is 9.59 Å². The van der Waals surface area contributed by atoms with Crippen LogP contribution in [0.4, 0.5) is 0 Å². The van der Waals surface area contributed by atoms with Gasteiger partial charge in [-0.1, -0.05) is 0 Å². The number of likely N-dealkylation sites (tertiary alicyclic amines) is 1. The van der Waals surface area contributed by atoms with Crippen molar-refractivity contribution in [1.82, 2.24) is 9.88 Å². The van der Waals surface area contributed by atoms with E-state index in [0.29, 0.717) is 18.8 Å². The van der Waals surface area contributed by atoms with Gasteiger partial charge in [0.15, 0.2) is 0 Å². The summed E-state index contributed by atoms with van der Waals surface area (Å²) in [4.78, 5) is 27.9. The number of aromatic nitrogens is 1. The Balaban J connectivity index is 1.84. The molecule has 1 saturated heterocycles. The van der Waals surface area contributed by atoms with E-state index >= 15 is 0 Å². The van der Waals surface area contributed by atoms with Gasteiger partial charge in [-0.25, -0.2) is 0 Å². The number of carbonyl (C=O) groups excluding carboxylic acids is 2. The van der Waals surface area contributed by atoms with Crippen molar-refractivity contribution in [3.8, 4) is 0 Å². The van der Waals surface area contributed by atoms with Gasteiger partial charge in [0.25, 0.3) is 0 Å². The van der Waals surface area contributed by atoms with E-state index in [-0.39, 0.29) is 5.91 Å². The summed E-state index contributed by atoms with van der Waals surface area (Å²) in [5.74, 6) is 0.637. The van der Waals surface area contributed by atoms with Crippen LogP contribution < -0.4 is 0 Å². The van der Waals surface area contributed by atoms with Gasteiger partial charge in [-0.2, -0.15) is 0 Å². The molecule has 0 atom stereocenters. The molecule has 1 aromatic heterocycles. The van der Waals surface area contributed by atoms with E-state index in [2.05, 4.69) is 17.1 Å². The molecular formula is C14H18N2O2. The number of nitrogens with zero attached hydrogens (tertiary/aromatic N) is 2. The Kier molecular flexibility index (Phi) is 4.45. The molecule has 0 spiro atoms. The second-order valence-corrected chi connectivity index (χ2v) is 4.64. The fraction of sp³-hybridized carbons (Fsp3) is 0.500. The van der Waals surface area contributed by atoms with Crippen molar-refractivity contribution in [3.63, 3.8) is 0 Å². The lowest BCUT2D eigenvalue weighted by Crippen LogP contribution is -2.37. The highest BCUT2D eigenvalue weighted by molar-refractivity contribution is 5.78. The van der Waals surface area contributed by atoms with Crippen molar-refractivity contribution in [2.75, 3.05) is 13.1 Å².